The molecule has 1 fully saturated rings. The fourth-order valence-corrected chi connectivity index (χ4v) is 3.44. The maximum atomic E-state index is 12.1. The molecule has 1 aromatic heterocycles. The van der Waals surface area contributed by atoms with Crippen LogP contribution in [0.15, 0.2) is 23.2 Å². The van der Waals surface area contributed by atoms with Crippen molar-refractivity contribution < 1.29 is 8.42 Å². The average molecular weight is 283 g/mol. The minimum atomic E-state index is -3.42. The van der Waals surface area contributed by atoms with Gasteiger partial charge in [-0.15, -0.1) is 0 Å². The van der Waals surface area contributed by atoms with E-state index in [2.05, 4.69) is 21.9 Å². The molecule has 1 heterocycles. The molecular formula is C13H21N3O2S. The highest BCUT2D eigenvalue weighted by molar-refractivity contribution is 7.89. The fraction of sp³-hybridized carbons (Fsp3) is 0.615. The van der Waals surface area contributed by atoms with Crippen molar-refractivity contribution in [1.82, 2.24) is 9.71 Å². The number of sulfonamides is 1. The molecule has 2 rings (SSSR count). The summed E-state index contributed by atoms with van der Waals surface area (Å²) in [4.78, 5) is 4.32. The Bertz CT molecular complexity index is 513. The van der Waals surface area contributed by atoms with Crippen molar-refractivity contribution in [1.29, 1.82) is 0 Å². The van der Waals surface area contributed by atoms with Crippen LogP contribution in [0.2, 0.25) is 0 Å². The van der Waals surface area contributed by atoms with Gasteiger partial charge in [-0.05, 0) is 37.8 Å². The Morgan fingerprint density at radius 2 is 2.16 bits per heavy atom. The highest BCUT2D eigenvalue weighted by Crippen LogP contribution is 2.35. The van der Waals surface area contributed by atoms with Crippen LogP contribution in [0.1, 0.15) is 33.1 Å². The zero-order valence-corrected chi connectivity index (χ0v) is 12.2. The first-order chi connectivity index (χ1) is 9.06. The summed E-state index contributed by atoms with van der Waals surface area (Å²) in [6.07, 6.45) is 4.54. The van der Waals surface area contributed by atoms with E-state index in [1.165, 1.54) is 6.20 Å². The van der Waals surface area contributed by atoms with Crippen LogP contribution in [-0.2, 0) is 10.0 Å². The van der Waals surface area contributed by atoms with Crippen molar-refractivity contribution in [2.45, 2.75) is 44.0 Å². The van der Waals surface area contributed by atoms with Crippen LogP contribution < -0.4 is 10.0 Å². The second kappa shape index (κ2) is 5.88. The number of nitrogens with zero attached hydrogens (tertiary/aromatic N) is 1. The summed E-state index contributed by atoms with van der Waals surface area (Å²) in [5.74, 6) is 1.20. The predicted octanol–water partition coefficient (Wildman–Crippen LogP) is 1.98. The van der Waals surface area contributed by atoms with E-state index < -0.39 is 10.0 Å². The number of rotatable bonds is 7. The number of aromatic nitrogens is 1. The third-order valence-electron chi connectivity index (χ3n) is 3.29. The summed E-state index contributed by atoms with van der Waals surface area (Å²) in [5, 5.41) is 3.04. The number of hydrogen-bond acceptors (Lipinski definition) is 4. The maximum absolute atomic E-state index is 12.1. The lowest BCUT2D eigenvalue weighted by molar-refractivity contribution is 0.572. The number of nitrogens with one attached hydrogen (secondary N) is 2. The molecule has 1 saturated carbocycles. The Hall–Kier alpha value is -1.14. The Kier molecular flexibility index (Phi) is 4.42. The van der Waals surface area contributed by atoms with Crippen molar-refractivity contribution in [2.75, 3.05) is 11.9 Å². The van der Waals surface area contributed by atoms with Gasteiger partial charge in [-0.3, -0.25) is 0 Å². The molecule has 1 aliphatic rings. The fourth-order valence-electron chi connectivity index (χ4n) is 2.17. The monoisotopic (exact) mass is 283 g/mol. The smallest absolute Gasteiger partial charge is 0.242 e. The van der Waals surface area contributed by atoms with Gasteiger partial charge in [0.05, 0.1) is 0 Å². The van der Waals surface area contributed by atoms with Crippen LogP contribution in [0, 0.1) is 5.92 Å². The topological polar surface area (TPSA) is 71.1 Å². The zero-order valence-electron chi connectivity index (χ0n) is 11.4. The van der Waals surface area contributed by atoms with Crippen LogP contribution in [0.5, 0.6) is 0 Å². The highest BCUT2D eigenvalue weighted by atomic mass is 32.2. The van der Waals surface area contributed by atoms with Gasteiger partial charge in [0.25, 0.3) is 0 Å². The standard InChI is InChI=1S/C13H21N3O2S/c1-3-5-10-8-12(10)16-19(17,18)11-6-7-13(14-4-2)15-9-11/h6-7,9-10,12,16H,3-5,8H2,1-2H3,(H,14,15). The molecule has 0 bridgehead atoms. The van der Waals surface area contributed by atoms with Gasteiger partial charge in [0.1, 0.15) is 10.7 Å². The molecule has 5 nitrogen and oxygen atoms in total. The van der Waals surface area contributed by atoms with Crippen LogP contribution in [0.3, 0.4) is 0 Å². The largest absolute Gasteiger partial charge is 0.370 e. The summed E-state index contributed by atoms with van der Waals surface area (Å²) in [6.45, 7) is 4.85. The summed E-state index contributed by atoms with van der Waals surface area (Å²) in [6, 6.07) is 3.39. The SMILES string of the molecule is CCCC1CC1NS(=O)(=O)c1ccc(NCC)nc1. The molecule has 0 saturated heterocycles. The maximum Gasteiger partial charge on any atom is 0.242 e. The average Bonchev–Trinajstić information content (AvgIpc) is 3.08. The first kappa shape index (κ1) is 14.3. The lowest BCUT2D eigenvalue weighted by atomic mass is 10.2. The summed E-state index contributed by atoms with van der Waals surface area (Å²) < 4.78 is 27.0. The summed E-state index contributed by atoms with van der Waals surface area (Å²) in [5.41, 5.74) is 0. The molecule has 1 aliphatic carbocycles. The molecule has 2 atom stereocenters. The lowest BCUT2D eigenvalue weighted by Gasteiger charge is -2.07. The molecule has 0 aromatic carbocycles. The minimum Gasteiger partial charge on any atom is -0.370 e. The van der Waals surface area contributed by atoms with Crippen LogP contribution in [0.25, 0.3) is 0 Å². The number of anilines is 1. The van der Waals surface area contributed by atoms with E-state index in [9.17, 15) is 8.42 Å². The zero-order chi connectivity index (χ0) is 13.9. The Balaban J connectivity index is 1.99. The van der Waals surface area contributed by atoms with E-state index >= 15 is 0 Å². The predicted molar refractivity (Wildman–Crippen MR) is 75.5 cm³/mol. The van der Waals surface area contributed by atoms with Crippen molar-refractivity contribution in [3.63, 3.8) is 0 Å². The van der Waals surface area contributed by atoms with Crippen LogP contribution in [0.4, 0.5) is 5.82 Å². The third kappa shape index (κ3) is 3.67. The molecule has 6 heteroatoms. The molecular weight excluding hydrogens is 262 g/mol. The molecule has 0 radical (unpaired) electrons. The van der Waals surface area contributed by atoms with Gasteiger partial charge in [-0.25, -0.2) is 18.1 Å². The van der Waals surface area contributed by atoms with E-state index in [4.69, 9.17) is 0 Å². The first-order valence-electron chi connectivity index (χ1n) is 6.79. The molecule has 1 aromatic rings. The highest BCUT2D eigenvalue weighted by Gasteiger charge is 2.39. The van der Waals surface area contributed by atoms with Gasteiger partial charge in [-0.1, -0.05) is 13.3 Å². The van der Waals surface area contributed by atoms with Crippen LogP contribution >= 0.6 is 0 Å². The lowest BCUT2D eigenvalue weighted by Crippen LogP contribution is -2.27. The minimum absolute atomic E-state index is 0.110. The number of pyridine rings is 1. The Morgan fingerprint density at radius 3 is 2.74 bits per heavy atom. The molecule has 106 valence electrons. The van der Waals surface area contributed by atoms with Crippen molar-refractivity contribution in [2.24, 2.45) is 5.92 Å². The van der Waals surface area contributed by atoms with E-state index in [1.54, 1.807) is 12.1 Å². The van der Waals surface area contributed by atoms with Gasteiger partial charge in [0.2, 0.25) is 10.0 Å². The van der Waals surface area contributed by atoms with Crippen molar-refractivity contribution in [3.05, 3.63) is 18.3 Å². The normalized spacial score (nSPS) is 22.2. The van der Waals surface area contributed by atoms with Gasteiger partial charge < -0.3 is 5.32 Å². The van der Waals surface area contributed by atoms with E-state index in [0.717, 1.165) is 25.8 Å². The summed E-state index contributed by atoms with van der Waals surface area (Å²) >= 11 is 0. The van der Waals surface area contributed by atoms with Crippen molar-refractivity contribution in [3.8, 4) is 0 Å². The van der Waals surface area contributed by atoms with Gasteiger partial charge in [0, 0.05) is 18.8 Å². The van der Waals surface area contributed by atoms with Gasteiger partial charge in [0.15, 0.2) is 0 Å². The van der Waals surface area contributed by atoms with Gasteiger partial charge >= 0.3 is 0 Å². The van der Waals surface area contributed by atoms with E-state index in [1.807, 2.05) is 6.92 Å². The molecule has 2 N–H and O–H groups in total. The van der Waals surface area contributed by atoms with Gasteiger partial charge in [-0.2, -0.15) is 0 Å². The molecule has 2 unspecified atom stereocenters. The molecule has 19 heavy (non-hydrogen) atoms. The second-order valence-corrected chi connectivity index (χ2v) is 6.64. The molecule has 0 aliphatic heterocycles. The van der Waals surface area contributed by atoms with E-state index in [0.29, 0.717) is 11.7 Å². The van der Waals surface area contributed by atoms with E-state index in [-0.39, 0.29) is 10.9 Å². The second-order valence-electron chi connectivity index (χ2n) is 4.92. The molecule has 0 spiro atoms. The van der Waals surface area contributed by atoms with Crippen molar-refractivity contribution >= 4 is 15.8 Å². The summed E-state index contributed by atoms with van der Waals surface area (Å²) in [7, 11) is -3.42. The Labute approximate surface area is 114 Å². The quantitative estimate of drug-likeness (QED) is 0.802. The van der Waals surface area contributed by atoms with Crippen LogP contribution in [-0.4, -0.2) is 26.0 Å². The Morgan fingerprint density at radius 1 is 1.37 bits per heavy atom. The first-order valence-corrected chi connectivity index (χ1v) is 8.27. The number of hydrogen-bond donors (Lipinski definition) is 2. The third-order valence-corrected chi connectivity index (χ3v) is 4.77. The molecule has 0 amide bonds.